The van der Waals surface area contributed by atoms with Gasteiger partial charge in [0, 0.05) is 20.5 Å². The monoisotopic (exact) mass is 390 g/mol. The van der Waals surface area contributed by atoms with Crippen molar-refractivity contribution in [1.29, 1.82) is 0 Å². The van der Waals surface area contributed by atoms with E-state index in [1.54, 1.807) is 6.92 Å². The molecule has 0 aliphatic heterocycles. The van der Waals surface area contributed by atoms with Crippen LogP contribution in [0.1, 0.15) is 20.3 Å². The molecule has 3 aliphatic rings. The molecule has 3 aliphatic carbocycles. The van der Waals surface area contributed by atoms with Crippen LogP contribution in [0.25, 0.3) is 0 Å². The average Bonchev–Trinajstić information content (AvgIpc) is 2.74. The number of ether oxygens (including phenoxy) is 1. The van der Waals surface area contributed by atoms with Gasteiger partial charge in [0.25, 0.3) is 0 Å². The van der Waals surface area contributed by atoms with E-state index in [1.807, 2.05) is 6.92 Å². The van der Waals surface area contributed by atoms with Crippen molar-refractivity contribution in [2.24, 2.45) is 23.7 Å². The van der Waals surface area contributed by atoms with E-state index in [2.05, 4.69) is 31.9 Å². The van der Waals surface area contributed by atoms with Crippen LogP contribution in [-0.2, 0) is 9.53 Å². The molecule has 1 saturated carbocycles. The number of hydrogen-bond acceptors (Lipinski definition) is 3. The fourth-order valence-corrected chi connectivity index (χ4v) is 5.51. The van der Waals surface area contributed by atoms with Gasteiger partial charge in [0.2, 0.25) is 0 Å². The first-order chi connectivity index (χ1) is 8.99. The van der Waals surface area contributed by atoms with Crippen LogP contribution in [0.5, 0.6) is 0 Å². The van der Waals surface area contributed by atoms with Gasteiger partial charge >= 0.3 is 5.97 Å². The molecule has 3 nitrogen and oxygen atoms in total. The van der Waals surface area contributed by atoms with Gasteiger partial charge in [-0.2, -0.15) is 0 Å². The molecule has 0 radical (unpaired) electrons. The number of halogens is 2. The SMILES string of the molecule is CCOC(=O)C1=C([C@H](C)O)[C@@H]2[C@H]1[C@@H]1C[C@H]2C(Br)=C1Br. The third kappa shape index (κ3) is 1.74. The number of esters is 1. The summed E-state index contributed by atoms with van der Waals surface area (Å²) in [5.41, 5.74) is 1.62. The highest BCUT2D eigenvalue weighted by atomic mass is 79.9. The third-order valence-corrected chi connectivity index (χ3v) is 7.15. The van der Waals surface area contributed by atoms with Crippen molar-refractivity contribution >= 4 is 37.8 Å². The largest absolute Gasteiger partial charge is 0.463 e. The van der Waals surface area contributed by atoms with Crippen LogP contribution in [-0.4, -0.2) is 23.8 Å². The minimum atomic E-state index is -0.570. The summed E-state index contributed by atoms with van der Waals surface area (Å²) in [6.07, 6.45) is 0.481. The minimum absolute atomic E-state index is 0.226. The van der Waals surface area contributed by atoms with E-state index in [9.17, 15) is 9.90 Å². The Balaban J connectivity index is 1.98. The van der Waals surface area contributed by atoms with Gasteiger partial charge in [0.15, 0.2) is 0 Å². The van der Waals surface area contributed by atoms with Crippen LogP contribution >= 0.6 is 31.9 Å². The van der Waals surface area contributed by atoms with Gasteiger partial charge < -0.3 is 9.84 Å². The molecule has 5 atom stereocenters. The van der Waals surface area contributed by atoms with Crippen molar-refractivity contribution in [3.8, 4) is 0 Å². The summed E-state index contributed by atoms with van der Waals surface area (Å²) in [5.74, 6) is 1.06. The molecule has 104 valence electrons. The van der Waals surface area contributed by atoms with Crippen molar-refractivity contribution in [1.82, 2.24) is 0 Å². The van der Waals surface area contributed by atoms with E-state index < -0.39 is 6.10 Å². The Hall–Kier alpha value is -0.130. The predicted molar refractivity (Wildman–Crippen MR) is 78.8 cm³/mol. The summed E-state index contributed by atoms with van der Waals surface area (Å²) >= 11 is 7.27. The van der Waals surface area contributed by atoms with Crippen molar-refractivity contribution < 1.29 is 14.6 Å². The summed E-state index contributed by atoms with van der Waals surface area (Å²) in [6.45, 7) is 3.93. The molecular weight excluding hydrogens is 376 g/mol. The average molecular weight is 392 g/mol. The Morgan fingerprint density at radius 2 is 1.95 bits per heavy atom. The van der Waals surface area contributed by atoms with Gasteiger partial charge in [-0.1, -0.05) is 31.9 Å². The number of hydrogen-bond donors (Lipinski definition) is 1. The normalized spacial score (nSPS) is 37.3. The Morgan fingerprint density at radius 3 is 2.47 bits per heavy atom. The Morgan fingerprint density at radius 1 is 1.37 bits per heavy atom. The zero-order valence-corrected chi connectivity index (χ0v) is 14.0. The summed E-state index contributed by atoms with van der Waals surface area (Å²) in [5, 5.41) is 9.98. The second-order valence-electron chi connectivity index (χ2n) is 5.46. The molecule has 1 fully saturated rings. The summed E-state index contributed by atoms with van der Waals surface area (Å²) in [7, 11) is 0. The minimum Gasteiger partial charge on any atom is -0.463 e. The summed E-state index contributed by atoms with van der Waals surface area (Å²) < 4.78 is 7.55. The maximum absolute atomic E-state index is 12.1. The lowest BCUT2D eigenvalue weighted by atomic mass is 9.61. The van der Waals surface area contributed by atoms with E-state index in [4.69, 9.17) is 4.74 Å². The molecule has 5 heteroatoms. The number of aliphatic hydroxyl groups is 1. The second-order valence-corrected chi connectivity index (χ2v) is 7.17. The molecule has 1 N–H and O–H groups in total. The maximum Gasteiger partial charge on any atom is 0.334 e. The quantitative estimate of drug-likeness (QED) is 0.752. The van der Waals surface area contributed by atoms with E-state index >= 15 is 0 Å². The highest BCUT2D eigenvalue weighted by Gasteiger charge is 2.61. The lowest BCUT2D eigenvalue weighted by Crippen LogP contribution is -2.43. The Kier molecular flexibility index (Phi) is 3.43. The third-order valence-electron chi connectivity index (χ3n) is 4.59. The molecule has 2 bridgehead atoms. The number of carbonyl (C=O) groups excluding carboxylic acids is 1. The number of allylic oxidation sites excluding steroid dienone is 2. The second kappa shape index (κ2) is 4.71. The van der Waals surface area contributed by atoms with Gasteiger partial charge in [0.1, 0.15) is 0 Å². The lowest BCUT2D eigenvalue weighted by molar-refractivity contribution is -0.140. The molecule has 0 heterocycles. The van der Waals surface area contributed by atoms with Crippen LogP contribution in [0, 0.1) is 23.7 Å². The molecule has 0 spiro atoms. The van der Waals surface area contributed by atoms with Crippen LogP contribution in [0.4, 0.5) is 0 Å². The van der Waals surface area contributed by atoms with Crippen molar-refractivity contribution in [2.75, 3.05) is 6.61 Å². The van der Waals surface area contributed by atoms with Crippen LogP contribution in [0.15, 0.2) is 20.1 Å². The van der Waals surface area contributed by atoms with Gasteiger partial charge in [-0.15, -0.1) is 0 Å². The van der Waals surface area contributed by atoms with Gasteiger partial charge in [-0.3, -0.25) is 0 Å². The highest BCUT2D eigenvalue weighted by Crippen LogP contribution is 2.68. The van der Waals surface area contributed by atoms with Crippen molar-refractivity contribution in [3.63, 3.8) is 0 Å². The fourth-order valence-electron chi connectivity index (χ4n) is 3.98. The number of rotatable bonds is 3. The topological polar surface area (TPSA) is 46.5 Å². The fraction of sp³-hybridized carbons (Fsp3) is 0.643. The van der Waals surface area contributed by atoms with Gasteiger partial charge in [-0.25, -0.2) is 4.79 Å². The van der Waals surface area contributed by atoms with E-state index in [0.29, 0.717) is 24.4 Å². The molecule has 0 aromatic heterocycles. The highest BCUT2D eigenvalue weighted by molar-refractivity contribution is 9.14. The van der Waals surface area contributed by atoms with Crippen LogP contribution < -0.4 is 0 Å². The first kappa shape index (κ1) is 13.8. The number of fused-ring (bicyclic) bond motifs is 5. The molecule has 0 aromatic rings. The molecule has 0 unspecified atom stereocenters. The first-order valence-electron chi connectivity index (χ1n) is 6.63. The van der Waals surface area contributed by atoms with Gasteiger partial charge in [-0.05, 0) is 43.6 Å². The smallest absolute Gasteiger partial charge is 0.334 e. The molecular formula is C14H16Br2O3. The maximum atomic E-state index is 12.1. The Labute approximate surface area is 129 Å². The summed E-state index contributed by atoms with van der Waals surface area (Å²) in [6, 6.07) is 0. The van der Waals surface area contributed by atoms with E-state index in [-0.39, 0.29) is 11.9 Å². The molecule has 19 heavy (non-hydrogen) atoms. The Bertz CT molecular complexity index is 507. The van der Waals surface area contributed by atoms with Crippen LogP contribution in [0.3, 0.4) is 0 Å². The predicted octanol–water partition coefficient (Wildman–Crippen LogP) is 3.12. The standard InChI is InChI=1S/C14H16Br2O3/c1-3-19-14(18)11-8(5(2)17)9-6-4-7(10(9)11)13(16)12(6)15/h5-7,9-10,17H,3-4H2,1-2H3/t5-,6+,7-,9+,10+/m0/s1. The van der Waals surface area contributed by atoms with E-state index in [1.165, 1.54) is 8.96 Å². The van der Waals surface area contributed by atoms with Crippen molar-refractivity contribution in [3.05, 3.63) is 20.1 Å². The number of carbonyl (C=O) groups is 1. The molecule has 3 rings (SSSR count). The van der Waals surface area contributed by atoms with Crippen molar-refractivity contribution in [2.45, 2.75) is 26.4 Å². The molecule has 0 saturated heterocycles. The van der Waals surface area contributed by atoms with E-state index in [0.717, 1.165) is 17.6 Å². The summed E-state index contributed by atoms with van der Waals surface area (Å²) in [4.78, 5) is 12.1. The molecule has 0 aromatic carbocycles. The first-order valence-corrected chi connectivity index (χ1v) is 8.21. The van der Waals surface area contributed by atoms with Crippen LogP contribution in [0.2, 0.25) is 0 Å². The zero-order chi connectivity index (χ0) is 13.9. The zero-order valence-electron chi connectivity index (χ0n) is 10.8. The van der Waals surface area contributed by atoms with Gasteiger partial charge in [0.05, 0.1) is 12.7 Å². The lowest BCUT2D eigenvalue weighted by Gasteiger charge is -2.44. The number of aliphatic hydroxyl groups excluding tert-OH is 1. The molecule has 0 amide bonds.